The Kier molecular flexibility index (Phi) is 34.7. The average molecular weight is 1790 g/mol. The molecule has 5 heterocycles. The summed E-state index contributed by atoms with van der Waals surface area (Å²) in [6, 6.07) is 76.9. The molecule has 0 spiro atoms. The predicted molar refractivity (Wildman–Crippen MR) is 505 cm³/mol. The number of nitrogens with zero attached hydrogens (tertiary/aromatic N) is 18. The van der Waals surface area contributed by atoms with Crippen molar-refractivity contribution in [3.63, 3.8) is 0 Å². The Labute approximate surface area is 769 Å². The molecule has 133 heavy (non-hydrogen) atoms. The van der Waals surface area contributed by atoms with Gasteiger partial charge in [-0.05, 0) is 153 Å². The van der Waals surface area contributed by atoms with Crippen molar-refractivity contribution in [3.05, 3.63) is 283 Å². The molecule has 0 aliphatic carbocycles. The van der Waals surface area contributed by atoms with Crippen LogP contribution in [0.1, 0.15) is 135 Å². The molecule has 10 aromatic carbocycles. The first-order valence-corrected chi connectivity index (χ1v) is 44.2. The molecule has 0 unspecified atom stereocenters. The lowest BCUT2D eigenvalue weighted by atomic mass is 9.96. The lowest BCUT2D eigenvalue weighted by Crippen LogP contribution is -2.47. The topological polar surface area (TPSA) is 457 Å². The van der Waals surface area contributed by atoms with Crippen molar-refractivity contribution < 1.29 is 44.1 Å². The van der Waals surface area contributed by atoms with Gasteiger partial charge < -0.3 is 30.4 Å². The fourth-order valence-corrected chi connectivity index (χ4v) is 15.6. The van der Waals surface area contributed by atoms with Crippen molar-refractivity contribution >= 4 is 35.6 Å². The highest BCUT2D eigenvalue weighted by atomic mass is 16.4. The summed E-state index contributed by atoms with van der Waals surface area (Å²) in [5, 5.41) is 104. The molecule has 0 saturated heterocycles. The zero-order chi connectivity index (χ0) is 94.1. The number of H-pyrrole nitrogens is 5. The number of carbonyl (C=O) groups is 6. The molecule has 0 aliphatic heterocycles. The van der Waals surface area contributed by atoms with Gasteiger partial charge in [0.25, 0.3) is 0 Å². The monoisotopic (exact) mass is 1790 g/mol. The Hall–Kier alpha value is -15.9. The number of aliphatic carboxylic acids is 3. The number of carboxylic acid groups (broad SMARTS) is 3. The molecule has 33 heteroatoms. The lowest BCUT2D eigenvalue weighted by Gasteiger charge is -2.32. The van der Waals surface area contributed by atoms with Crippen molar-refractivity contribution in [2.45, 2.75) is 158 Å². The first-order valence-electron chi connectivity index (χ1n) is 44.2. The fraction of sp³-hybridized carbons (Fsp3) is 0.270. The number of carbonyl (C=O) groups excluding carboxylic acids is 3. The van der Waals surface area contributed by atoms with Crippen LogP contribution in [0.4, 0.5) is 0 Å². The second kappa shape index (κ2) is 47.9. The second-order valence-corrected chi connectivity index (χ2v) is 32.7. The lowest BCUT2D eigenvalue weighted by molar-refractivity contribution is -0.153. The van der Waals surface area contributed by atoms with Gasteiger partial charge in [0.15, 0.2) is 0 Å². The molecule has 15 rings (SSSR count). The zero-order valence-corrected chi connectivity index (χ0v) is 75.5. The van der Waals surface area contributed by atoms with Crippen LogP contribution in [0.15, 0.2) is 255 Å². The Balaban J connectivity index is 0.000000163. The molecule has 5 aromatic heterocycles. The number of rotatable bonds is 37. The highest BCUT2D eigenvalue weighted by Gasteiger charge is 2.35. The first kappa shape index (κ1) is 96.2. The van der Waals surface area contributed by atoms with E-state index in [1.54, 1.807) is 19.9 Å². The van der Waals surface area contributed by atoms with E-state index in [2.05, 4.69) is 115 Å². The van der Waals surface area contributed by atoms with Crippen LogP contribution in [-0.4, -0.2) is 187 Å². The number of aromatic amines is 5. The molecule has 15 aromatic rings. The number of hydrogen-bond acceptors (Lipinski definition) is 22. The molecule has 0 fully saturated rings. The predicted octanol–water partition coefficient (Wildman–Crippen LogP) is 16.9. The van der Waals surface area contributed by atoms with Gasteiger partial charge in [0.05, 0.1) is 0 Å². The third-order valence-electron chi connectivity index (χ3n) is 22.2. The minimum Gasteiger partial charge on any atom is -0.480 e. The molecule has 0 saturated carbocycles. The molecular formula is C100H108N24O9. The van der Waals surface area contributed by atoms with E-state index >= 15 is 0 Å². The Morgan fingerprint density at radius 1 is 0.331 bits per heavy atom. The summed E-state index contributed by atoms with van der Waals surface area (Å²) in [6.45, 7) is 19.1. The number of tetrazole rings is 5. The van der Waals surface area contributed by atoms with E-state index in [0.717, 1.165) is 137 Å². The van der Waals surface area contributed by atoms with Crippen LogP contribution in [0.2, 0.25) is 0 Å². The molecule has 3 amide bonds. The Bertz CT molecular complexity index is 6100. The summed E-state index contributed by atoms with van der Waals surface area (Å²) in [7, 11) is 0. The smallest absolute Gasteiger partial charge is 0.326 e. The molecule has 0 bridgehead atoms. The number of benzene rings is 10. The minimum absolute atomic E-state index is 0.0882. The van der Waals surface area contributed by atoms with Crippen LogP contribution in [0.5, 0.6) is 0 Å². The first-order chi connectivity index (χ1) is 64.6. The van der Waals surface area contributed by atoms with Gasteiger partial charge in [-0.3, -0.25) is 24.1 Å². The van der Waals surface area contributed by atoms with Gasteiger partial charge >= 0.3 is 17.9 Å². The van der Waals surface area contributed by atoms with Gasteiger partial charge in [0.2, 0.25) is 46.8 Å². The number of aromatic nitrogens is 20. The maximum atomic E-state index is 12.9. The molecule has 3 atom stereocenters. The SMILES string of the molecule is CC(C)[C@@H](C(=O)O)N(Cc1ccc(-c2ccccc2-c2nn[nH]n2)cc1)Cc1ccc(-c2ccccc2-c2nn[nH]n2)cc1.CC/C=C/C(=O)N(Cc1ccc(-c2ccccc2-c2nn[nH]n2)cc1)[C@H](C(=O)O)C(C)C.CCCCC(=O)N(Cc1ccc(-c2ccccc2-c2nn[nH]n2)cc1)[C@H](C(=O)O)C(C)C.CCCCC(=O)NCc1ccc(-c2ccccc2-c2nn[nH]n2)cc1. The fourth-order valence-electron chi connectivity index (χ4n) is 15.6. The third kappa shape index (κ3) is 26.0. The molecule has 33 nitrogen and oxygen atoms in total. The van der Waals surface area contributed by atoms with Crippen LogP contribution < -0.4 is 5.32 Å². The number of hydrogen-bond donors (Lipinski definition) is 9. The van der Waals surface area contributed by atoms with Crippen molar-refractivity contribution in [2.75, 3.05) is 0 Å². The van der Waals surface area contributed by atoms with Crippen LogP contribution in [0.25, 0.3) is 113 Å². The maximum Gasteiger partial charge on any atom is 0.326 e. The van der Waals surface area contributed by atoms with Gasteiger partial charge in [0.1, 0.15) is 18.1 Å². The minimum atomic E-state index is -1.01. The van der Waals surface area contributed by atoms with Crippen molar-refractivity contribution in [1.82, 2.24) is 123 Å². The van der Waals surface area contributed by atoms with E-state index in [-0.39, 0.29) is 48.6 Å². The standard InChI is InChI=1S/C33H31N9O2.C24H29N5O3.C24H27N5O3.C19H21N5O/c1-21(2)30(33(43)44)42(19-22-11-15-24(16-12-22)26-7-3-5-9-28(26)31-34-38-39-35-31)20-23-13-17-25(18-14-23)27-8-4-6-10-29(27)32-36-40-41-37-32;2*1-4-5-10-21(30)29(22(16(2)3)24(31)32)15-17-11-13-18(14-12-17)19-8-6-7-9-20(19)23-25-27-28-26-23;1-2-3-8-18(25)20-13-14-9-11-15(12-10-14)16-6-4-5-7-17(16)19-21-23-24-22-19/h3-18,21,30H,19-20H2,1-2H3,(H,43,44)(H,34,35,38,39)(H,36,37,40,41);6-9,11-14,16,22H,4-5,10,15H2,1-3H3,(H,31,32)(H,25,26,27,28);5-14,16,22H,4,15H2,1-3H3,(H,31,32)(H,25,26,27,28);4-7,9-12H,2-3,8,13H2,1H3,(H,20,25)(H,21,22,23,24)/b;;10-5+;/t30-;2*22-;/m000./s1. The number of amides is 3. The number of carboxylic acids is 3. The van der Waals surface area contributed by atoms with E-state index in [9.17, 15) is 44.1 Å². The van der Waals surface area contributed by atoms with E-state index in [0.29, 0.717) is 68.0 Å². The summed E-state index contributed by atoms with van der Waals surface area (Å²) in [4.78, 5) is 78.6. The highest BCUT2D eigenvalue weighted by molar-refractivity contribution is 5.92. The quantitative estimate of drug-likeness (QED) is 0.0163. The summed E-state index contributed by atoms with van der Waals surface area (Å²) in [5.41, 5.74) is 19.2. The van der Waals surface area contributed by atoms with Gasteiger partial charge in [-0.1, -0.05) is 324 Å². The second-order valence-electron chi connectivity index (χ2n) is 32.7. The van der Waals surface area contributed by atoms with Crippen LogP contribution >= 0.6 is 0 Å². The summed E-state index contributed by atoms with van der Waals surface area (Å²) >= 11 is 0. The summed E-state index contributed by atoms with van der Waals surface area (Å²) in [6.07, 6.45) is 8.42. The van der Waals surface area contributed by atoms with Crippen LogP contribution in [0, 0.1) is 17.8 Å². The highest BCUT2D eigenvalue weighted by Crippen LogP contribution is 2.37. The van der Waals surface area contributed by atoms with Gasteiger partial charge in [-0.2, -0.15) is 26.1 Å². The maximum absolute atomic E-state index is 12.9. The molecule has 9 N–H and O–H groups in total. The van der Waals surface area contributed by atoms with Gasteiger partial charge in [-0.25, -0.2) is 9.59 Å². The van der Waals surface area contributed by atoms with Gasteiger partial charge in [-0.15, -0.1) is 51.0 Å². The van der Waals surface area contributed by atoms with E-state index in [1.807, 2.05) is 289 Å². The zero-order valence-electron chi connectivity index (χ0n) is 75.5. The van der Waals surface area contributed by atoms with Crippen molar-refractivity contribution in [3.8, 4) is 113 Å². The molecule has 682 valence electrons. The Morgan fingerprint density at radius 3 is 0.857 bits per heavy atom. The van der Waals surface area contributed by atoms with Crippen molar-refractivity contribution in [2.24, 2.45) is 17.8 Å². The van der Waals surface area contributed by atoms with E-state index < -0.39 is 36.0 Å². The molecule has 0 aliphatic rings. The molecule has 0 radical (unpaired) electrons. The number of unbranched alkanes of at least 4 members (excludes halogenated alkanes) is 2. The third-order valence-corrected chi connectivity index (χ3v) is 22.2. The normalized spacial score (nSPS) is 11.8. The molecular weight excluding hydrogens is 1680 g/mol. The van der Waals surface area contributed by atoms with Crippen molar-refractivity contribution in [1.29, 1.82) is 0 Å². The summed E-state index contributed by atoms with van der Waals surface area (Å²) < 4.78 is 0. The largest absolute Gasteiger partial charge is 0.480 e. The van der Waals surface area contributed by atoms with E-state index in [4.69, 9.17) is 0 Å². The number of nitrogens with one attached hydrogen (secondary N) is 6. The summed E-state index contributed by atoms with van der Waals surface area (Å²) in [5.74, 6) is -1.01. The average Bonchev–Trinajstić information content (AvgIpc) is 1.79. The van der Waals surface area contributed by atoms with E-state index in [1.165, 1.54) is 15.9 Å². The van der Waals surface area contributed by atoms with Crippen LogP contribution in [0.3, 0.4) is 0 Å². The van der Waals surface area contributed by atoms with Crippen LogP contribution in [-0.2, 0) is 61.5 Å². The Morgan fingerprint density at radius 2 is 0.594 bits per heavy atom. The number of allylic oxidation sites excluding steroid dienone is 1. The van der Waals surface area contributed by atoms with Gasteiger partial charge in [0, 0.05) is 73.4 Å².